The first-order valence-electron chi connectivity index (χ1n) is 4.10. The molecule has 0 radical (unpaired) electrons. The van der Waals surface area contributed by atoms with Gasteiger partial charge in [0.15, 0.2) is 0 Å². The molecule has 0 aromatic rings. The molecule has 64 valence electrons. The molecule has 3 nitrogen and oxygen atoms in total. The van der Waals surface area contributed by atoms with E-state index in [0.29, 0.717) is 6.61 Å². The van der Waals surface area contributed by atoms with Crippen molar-refractivity contribution in [3.8, 4) is 0 Å². The lowest BCUT2D eigenvalue weighted by Gasteiger charge is -2.11. The molecule has 1 saturated carbocycles. The number of ether oxygens (including phenoxy) is 1. The van der Waals surface area contributed by atoms with Crippen molar-refractivity contribution in [2.45, 2.75) is 32.3 Å². The van der Waals surface area contributed by atoms with Crippen molar-refractivity contribution in [3.63, 3.8) is 0 Å². The number of carbonyl (C=O) groups is 1. The Labute approximate surface area is 66.4 Å². The van der Waals surface area contributed by atoms with Crippen LogP contribution >= 0.6 is 0 Å². The van der Waals surface area contributed by atoms with Crippen molar-refractivity contribution < 1.29 is 14.6 Å². The Kier molecular flexibility index (Phi) is 2.88. The minimum atomic E-state index is -0.464. The van der Waals surface area contributed by atoms with Crippen LogP contribution in [-0.2, 0) is 9.53 Å². The molecule has 1 aliphatic rings. The average molecular weight is 158 g/mol. The maximum Gasteiger partial charge on any atom is 0.311 e. The number of rotatable bonds is 2. The van der Waals surface area contributed by atoms with Gasteiger partial charge in [0, 0.05) is 0 Å². The van der Waals surface area contributed by atoms with Gasteiger partial charge in [-0.1, -0.05) is 0 Å². The summed E-state index contributed by atoms with van der Waals surface area (Å²) in [5, 5.41) is 9.29. The Bertz CT molecular complexity index is 144. The van der Waals surface area contributed by atoms with Gasteiger partial charge in [-0.3, -0.25) is 4.79 Å². The molecule has 0 aromatic carbocycles. The van der Waals surface area contributed by atoms with Crippen molar-refractivity contribution in [1.82, 2.24) is 0 Å². The number of carbonyl (C=O) groups excluding carboxylic acids is 1. The van der Waals surface area contributed by atoms with Gasteiger partial charge in [-0.2, -0.15) is 0 Å². The Morgan fingerprint density at radius 1 is 1.64 bits per heavy atom. The van der Waals surface area contributed by atoms with Crippen LogP contribution in [0.25, 0.3) is 0 Å². The molecule has 0 bridgehead atoms. The standard InChI is InChI=1S/C8H14O3/c1-2-11-8(10)6-4-3-5-7(6)9/h6-7,9H,2-5H2,1H3/t6-,7+/m1/s1. The van der Waals surface area contributed by atoms with Crippen molar-refractivity contribution in [2.24, 2.45) is 5.92 Å². The molecule has 0 amide bonds. The molecule has 1 rings (SSSR count). The largest absolute Gasteiger partial charge is 0.466 e. The Morgan fingerprint density at radius 2 is 2.36 bits per heavy atom. The third-order valence-electron chi connectivity index (χ3n) is 2.07. The van der Waals surface area contributed by atoms with Crippen molar-refractivity contribution in [1.29, 1.82) is 0 Å². The van der Waals surface area contributed by atoms with Crippen LogP contribution < -0.4 is 0 Å². The maximum atomic E-state index is 11.1. The number of hydrogen-bond donors (Lipinski definition) is 1. The lowest BCUT2D eigenvalue weighted by atomic mass is 10.1. The van der Waals surface area contributed by atoms with E-state index >= 15 is 0 Å². The van der Waals surface area contributed by atoms with Crippen molar-refractivity contribution >= 4 is 5.97 Å². The molecule has 2 atom stereocenters. The zero-order valence-electron chi connectivity index (χ0n) is 6.75. The fourth-order valence-corrected chi connectivity index (χ4v) is 1.46. The Hall–Kier alpha value is -0.570. The van der Waals surface area contributed by atoms with Crippen LogP contribution in [0.3, 0.4) is 0 Å². The van der Waals surface area contributed by atoms with Crippen LogP contribution in [0, 0.1) is 5.92 Å². The van der Waals surface area contributed by atoms with E-state index in [9.17, 15) is 9.90 Å². The van der Waals surface area contributed by atoms with Gasteiger partial charge < -0.3 is 9.84 Å². The highest BCUT2D eigenvalue weighted by atomic mass is 16.5. The number of aliphatic hydroxyl groups excluding tert-OH is 1. The second-order valence-corrected chi connectivity index (χ2v) is 2.86. The zero-order chi connectivity index (χ0) is 8.27. The second-order valence-electron chi connectivity index (χ2n) is 2.86. The lowest BCUT2D eigenvalue weighted by Crippen LogP contribution is -2.24. The molecule has 1 aliphatic carbocycles. The molecule has 0 unspecified atom stereocenters. The normalized spacial score (nSPS) is 30.4. The molecule has 1 N–H and O–H groups in total. The molecule has 0 spiro atoms. The fourth-order valence-electron chi connectivity index (χ4n) is 1.46. The van der Waals surface area contributed by atoms with Gasteiger partial charge in [0.25, 0.3) is 0 Å². The van der Waals surface area contributed by atoms with E-state index in [1.807, 2.05) is 0 Å². The van der Waals surface area contributed by atoms with E-state index < -0.39 is 6.10 Å². The third kappa shape index (κ3) is 1.93. The Morgan fingerprint density at radius 3 is 2.82 bits per heavy atom. The summed E-state index contributed by atoms with van der Waals surface area (Å²) >= 11 is 0. The smallest absolute Gasteiger partial charge is 0.311 e. The summed E-state index contributed by atoms with van der Waals surface area (Å²) in [7, 11) is 0. The molecular formula is C8H14O3. The van der Waals surface area contributed by atoms with Gasteiger partial charge in [0.05, 0.1) is 18.6 Å². The first-order chi connectivity index (χ1) is 5.25. The van der Waals surface area contributed by atoms with E-state index in [-0.39, 0.29) is 11.9 Å². The molecule has 0 heterocycles. The summed E-state index contributed by atoms with van der Waals surface area (Å²) in [6.45, 7) is 2.18. The van der Waals surface area contributed by atoms with E-state index in [4.69, 9.17) is 4.74 Å². The molecule has 3 heteroatoms. The van der Waals surface area contributed by atoms with Crippen molar-refractivity contribution in [3.05, 3.63) is 0 Å². The van der Waals surface area contributed by atoms with Gasteiger partial charge in [0.2, 0.25) is 0 Å². The minimum absolute atomic E-state index is 0.238. The topological polar surface area (TPSA) is 46.5 Å². The van der Waals surface area contributed by atoms with Crippen LogP contribution in [0.2, 0.25) is 0 Å². The third-order valence-corrected chi connectivity index (χ3v) is 2.07. The lowest BCUT2D eigenvalue weighted by molar-refractivity contribution is -0.150. The highest BCUT2D eigenvalue weighted by molar-refractivity contribution is 5.73. The van der Waals surface area contributed by atoms with Crippen LogP contribution in [0.15, 0.2) is 0 Å². The number of hydrogen-bond acceptors (Lipinski definition) is 3. The molecule has 0 saturated heterocycles. The predicted molar refractivity (Wildman–Crippen MR) is 40.0 cm³/mol. The zero-order valence-corrected chi connectivity index (χ0v) is 6.75. The Balaban J connectivity index is 2.39. The van der Waals surface area contributed by atoms with Crippen LogP contribution in [0.5, 0.6) is 0 Å². The predicted octanol–water partition coefficient (Wildman–Crippen LogP) is 0.710. The summed E-state index contributed by atoms with van der Waals surface area (Å²) in [6.07, 6.45) is 1.99. The summed E-state index contributed by atoms with van der Waals surface area (Å²) in [5.41, 5.74) is 0. The molecular weight excluding hydrogens is 144 g/mol. The number of esters is 1. The fraction of sp³-hybridized carbons (Fsp3) is 0.875. The monoisotopic (exact) mass is 158 g/mol. The van der Waals surface area contributed by atoms with E-state index in [2.05, 4.69) is 0 Å². The molecule has 0 aliphatic heterocycles. The molecule has 11 heavy (non-hydrogen) atoms. The van der Waals surface area contributed by atoms with E-state index in [0.717, 1.165) is 19.3 Å². The summed E-state index contributed by atoms with van der Waals surface area (Å²) in [4.78, 5) is 11.1. The average Bonchev–Trinajstić information content (AvgIpc) is 2.36. The van der Waals surface area contributed by atoms with Crippen LogP contribution in [0.4, 0.5) is 0 Å². The maximum absolute atomic E-state index is 11.1. The van der Waals surface area contributed by atoms with Gasteiger partial charge in [-0.15, -0.1) is 0 Å². The SMILES string of the molecule is CCOC(=O)[C@@H]1CCC[C@@H]1O. The van der Waals surface area contributed by atoms with Gasteiger partial charge in [0.1, 0.15) is 0 Å². The highest BCUT2D eigenvalue weighted by Crippen LogP contribution is 2.26. The second kappa shape index (κ2) is 3.72. The van der Waals surface area contributed by atoms with E-state index in [1.54, 1.807) is 6.92 Å². The van der Waals surface area contributed by atoms with E-state index in [1.165, 1.54) is 0 Å². The molecule has 0 aromatic heterocycles. The van der Waals surface area contributed by atoms with Gasteiger partial charge in [-0.25, -0.2) is 0 Å². The quantitative estimate of drug-likeness (QED) is 0.602. The summed E-state index contributed by atoms with van der Waals surface area (Å²) in [5.74, 6) is -0.493. The summed E-state index contributed by atoms with van der Waals surface area (Å²) in [6, 6.07) is 0. The van der Waals surface area contributed by atoms with Crippen molar-refractivity contribution in [2.75, 3.05) is 6.61 Å². The highest BCUT2D eigenvalue weighted by Gasteiger charge is 2.32. The molecule has 1 fully saturated rings. The van der Waals surface area contributed by atoms with Gasteiger partial charge in [-0.05, 0) is 26.2 Å². The van der Waals surface area contributed by atoms with Crippen LogP contribution in [0.1, 0.15) is 26.2 Å². The summed E-state index contributed by atoms with van der Waals surface area (Å²) < 4.78 is 4.80. The number of aliphatic hydroxyl groups is 1. The van der Waals surface area contributed by atoms with Crippen LogP contribution in [-0.4, -0.2) is 23.8 Å². The first-order valence-corrected chi connectivity index (χ1v) is 4.10. The first kappa shape index (κ1) is 8.53. The minimum Gasteiger partial charge on any atom is -0.466 e. The van der Waals surface area contributed by atoms with Gasteiger partial charge >= 0.3 is 5.97 Å².